The first kappa shape index (κ1) is 27.7. The molecule has 3 aromatic carbocycles. The summed E-state index contributed by atoms with van der Waals surface area (Å²) in [4.78, 5) is 17.3. The molecule has 0 aromatic heterocycles. The zero-order valence-electron chi connectivity index (χ0n) is 21.8. The summed E-state index contributed by atoms with van der Waals surface area (Å²) >= 11 is 0. The quantitative estimate of drug-likeness (QED) is 0.384. The van der Waals surface area contributed by atoms with E-state index in [1.54, 1.807) is 13.2 Å². The summed E-state index contributed by atoms with van der Waals surface area (Å²) in [6.45, 7) is 6.02. The second-order valence-corrected chi connectivity index (χ2v) is 9.42. The Hall–Kier alpha value is -3.33. The Morgan fingerprint density at radius 2 is 1.82 bits per heavy atom. The number of ether oxygens (including phenoxy) is 2. The Balaban J connectivity index is 1.39. The highest BCUT2D eigenvalue weighted by atomic mass is 19.1. The van der Waals surface area contributed by atoms with E-state index in [0.29, 0.717) is 56.9 Å². The molecule has 1 heterocycles. The third-order valence-electron chi connectivity index (χ3n) is 6.71. The van der Waals surface area contributed by atoms with E-state index in [4.69, 9.17) is 9.47 Å². The second-order valence-electron chi connectivity index (χ2n) is 9.42. The van der Waals surface area contributed by atoms with Gasteiger partial charge in [0, 0.05) is 63.0 Å². The molecule has 1 aliphatic rings. The van der Waals surface area contributed by atoms with E-state index >= 15 is 0 Å². The number of carbonyl (C=O) groups is 1. The molecule has 1 N–H and O–H groups in total. The van der Waals surface area contributed by atoms with Crippen LogP contribution in [0.25, 0.3) is 0 Å². The monoisotopic (exact) mass is 523 g/mol. The number of carbonyl (C=O) groups excluding carboxylic acids is 1. The van der Waals surface area contributed by atoms with Crippen molar-refractivity contribution >= 4 is 5.91 Å². The number of benzene rings is 3. The van der Waals surface area contributed by atoms with Gasteiger partial charge in [-0.1, -0.05) is 36.4 Å². The van der Waals surface area contributed by atoms with Crippen LogP contribution in [0.3, 0.4) is 0 Å². The van der Waals surface area contributed by atoms with Crippen molar-refractivity contribution in [1.82, 2.24) is 15.1 Å². The molecule has 0 spiro atoms. The lowest BCUT2D eigenvalue weighted by molar-refractivity contribution is 0.0324. The van der Waals surface area contributed by atoms with E-state index in [-0.39, 0.29) is 5.91 Å². The highest BCUT2D eigenvalue weighted by Crippen LogP contribution is 2.18. The minimum Gasteiger partial charge on any atom is -0.496 e. The molecule has 1 saturated heterocycles. The van der Waals surface area contributed by atoms with Crippen LogP contribution in [0.5, 0.6) is 5.75 Å². The lowest BCUT2D eigenvalue weighted by Gasteiger charge is -2.30. The summed E-state index contributed by atoms with van der Waals surface area (Å²) in [7, 11) is 1.64. The van der Waals surface area contributed by atoms with Crippen molar-refractivity contribution in [3.8, 4) is 5.75 Å². The first-order chi connectivity index (χ1) is 18.5. The van der Waals surface area contributed by atoms with Crippen LogP contribution in [0.1, 0.15) is 27.0 Å². The van der Waals surface area contributed by atoms with Gasteiger partial charge in [0.05, 0.1) is 20.3 Å². The number of hydrogen-bond acceptors (Lipinski definition) is 5. The van der Waals surface area contributed by atoms with Crippen LogP contribution >= 0.6 is 0 Å². The molecule has 1 fully saturated rings. The number of amides is 1. The number of nitrogens with one attached hydrogen (secondary N) is 1. The van der Waals surface area contributed by atoms with Crippen LogP contribution in [0, 0.1) is 11.6 Å². The molecule has 8 heteroatoms. The maximum absolute atomic E-state index is 14.4. The molecule has 1 aliphatic heterocycles. The Morgan fingerprint density at radius 3 is 2.61 bits per heavy atom. The predicted molar refractivity (Wildman–Crippen MR) is 143 cm³/mol. The molecule has 3 aromatic rings. The van der Waals surface area contributed by atoms with Gasteiger partial charge in [-0.3, -0.25) is 14.6 Å². The molecule has 0 radical (unpaired) electrons. The van der Waals surface area contributed by atoms with Gasteiger partial charge in [0.2, 0.25) is 0 Å². The predicted octanol–water partition coefficient (Wildman–Crippen LogP) is 4.28. The van der Waals surface area contributed by atoms with Gasteiger partial charge in [0.25, 0.3) is 5.91 Å². The van der Waals surface area contributed by atoms with Crippen LogP contribution in [0.2, 0.25) is 0 Å². The minimum atomic E-state index is -0.587. The van der Waals surface area contributed by atoms with Gasteiger partial charge in [-0.2, -0.15) is 0 Å². The van der Waals surface area contributed by atoms with Crippen molar-refractivity contribution in [3.63, 3.8) is 0 Å². The molecule has 6 nitrogen and oxygen atoms in total. The van der Waals surface area contributed by atoms with Crippen molar-refractivity contribution in [2.24, 2.45) is 0 Å². The summed E-state index contributed by atoms with van der Waals surface area (Å²) in [6.07, 6.45) is 0.661. The van der Waals surface area contributed by atoms with Crippen LogP contribution in [-0.4, -0.2) is 68.8 Å². The summed E-state index contributed by atoms with van der Waals surface area (Å²) in [5.41, 5.74) is 3.00. The Labute approximate surface area is 223 Å². The highest BCUT2D eigenvalue weighted by Gasteiger charge is 2.16. The second kappa shape index (κ2) is 14.0. The van der Waals surface area contributed by atoms with E-state index in [2.05, 4.69) is 15.1 Å². The van der Waals surface area contributed by atoms with E-state index in [0.717, 1.165) is 42.6 Å². The standard InChI is InChI=1S/C30H35F2N3O3/c1-37-29-8-3-2-6-24(29)11-12-33-30(36)25-7-4-5-23(19-25)21-35(14-13-34-15-17-38-18-16-34)22-26-9-10-27(31)20-28(26)32/h2-10,19-20H,11-18,21-22H2,1H3,(H,33,36). The fraction of sp³-hybridized carbons (Fsp3) is 0.367. The molecule has 1 amide bonds. The fourth-order valence-electron chi connectivity index (χ4n) is 4.60. The lowest BCUT2D eigenvalue weighted by atomic mass is 10.1. The van der Waals surface area contributed by atoms with Gasteiger partial charge in [-0.25, -0.2) is 8.78 Å². The largest absolute Gasteiger partial charge is 0.496 e. The third kappa shape index (κ3) is 8.08. The number of halogens is 2. The summed E-state index contributed by atoms with van der Waals surface area (Å²) in [6, 6.07) is 19.0. The maximum Gasteiger partial charge on any atom is 0.251 e. The van der Waals surface area contributed by atoms with Crippen molar-refractivity contribution < 1.29 is 23.0 Å². The van der Waals surface area contributed by atoms with Crippen molar-refractivity contribution in [2.75, 3.05) is 53.0 Å². The van der Waals surface area contributed by atoms with Crippen molar-refractivity contribution in [3.05, 3.63) is 101 Å². The molecule has 0 atom stereocenters. The molecule has 0 unspecified atom stereocenters. The lowest BCUT2D eigenvalue weighted by Crippen LogP contribution is -2.41. The summed E-state index contributed by atoms with van der Waals surface area (Å²) in [5, 5.41) is 2.99. The molecule has 0 bridgehead atoms. The Morgan fingerprint density at radius 1 is 1.00 bits per heavy atom. The zero-order valence-corrected chi connectivity index (χ0v) is 21.8. The van der Waals surface area contributed by atoms with Crippen molar-refractivity contribution in [2.45, 2.75) is 19.5 Å². The van der Waals surface area contributed by atoms with Crippen molar-refractivity contribution in [1.29, 1.82) is 0 Å². The molecule has 38 heavy (non-hydrogen) atoms. The molecule has 202 valence electrons. The van der Waals surface area contributed by atoms with E-state index in [1.807, 2.05) is 42.5 Å². The number of hydrogen-bond donors (Lipinski definition) is 1. The topological polar surface area (TPSA) is 54.0 Å². The van der Waals surface area contributed by atoms with Gasteiger partial charge < -0.3 is 14.8 Å². The first-order valence-corrected chi connectivity index (χ1v) is 13.0. The number of nitrogens with zero attached hydrogens (tertiary/aromatic N) is 2. The van der Waals surface area contributed by atoms with Crippen LogP contribution in [0.15, 0.2) is 66.7 Å². The number of rotatable bonds is 12. The number of para-hydroxylation sites is 1. The normalized spacial score (nSPS) is 14.0. The van der Waals surface area contributed by atoms with Crippen LogP contribution in [0.4, 0.5) is 8.78 Å². The average molecular weight is 524 g/mol. The number of methoxy groups -OCH3 is 1. The zero-order chi connectivity index (χ0) is 26.7. The SMILES string of the molecule is COc1ccccc1CCNC(=O)c1cccc(CN(CCN2CCOCC2)Cc2ccc(F)cc2F)c1. The van der Waals surface area contributed by atoms with Gasteiger partial charge >= 0.3 is 0 Å². The molecular weight excluding hydrogens is 488 g/mol. The smallest absolute Gasteiger partial charge is 0.251 e. The molecule has 4 rings (SSSR count). The van der Waals surface area contributed by atoms with E-state index in [9.17, 15) is 13.6 Å². The molecular formula is C30H35F2N3O3. The van der Waals surface area contributed by atoms with E-state index < -0.39 is 11.6 Å². The third-order valence-corrected chi connectivity index (χ3v) is 6.71. The Kier molecular flexibility index (Phi) is 10.2. The van der Waals surface area contributed by atoms with Gasteiger partial charge in [0.15, 0.2) is 0 Å². The highest BCUT2D eigenvalue weighted by molar-refractivity contribution is 5.94. The average Bonchev–Trinajstić information content (AvgIpc) is 2.94. The molecule has 0 aliphatic carbocycles. The summed E-state index contributed by atoms with van der Waals surface area (Å²) < 4.78 is 38.7. The maximum atomic E-state index is 14.4. The first-order valence-electron chi connectivity index (χ1n) is 13.0. The Bertz CT molecular complexity index is 1200. The van der Waals surface area contributed by atoms with E-state index in [1.165, 1.54) is 12.1 Å². The van der Waals surface area contributed by atoms with Crippen LogP contribution in [-0.2, 0) is 24.2 Å². The van der Waals surface area contributed by atoms with Gasteiger partial charge in [-0.05, 0) is 41.8 Å². The minimum absolute atomic E-state index is 0.147. The summed E-state index contributed by atoms with van der Waals surface area (Å²) in [5.74, 6) is -0.482. The molecule has 0 saturated carbocycles. The fourth-order valence-corrected chi connectivity index (χ4v) is 4.60. The van der Waals surface area contributed by atoms with Gasteiger partial charge in [-0.15, -0.1) is 0 Å². The number of morpholine rings is 1. The van der Waals surface area contributed by atoms with Crippen LogP contribution < -0.4 is 10.1 Å². The van der Waals surface area contributed by atoms with Gasteiger partial charge in [0.1, 0.15) is 17.4 Å².